The van der Waals surface area contributed by atoms with Gasteiger partial charge in [0.2, 0.25) is 5.91 Å². The molecule has 0 fully saturated rings. The maximum Gasteiger partial charge on any atom is 0.227 e. The van der Waals surface area contributed by atoms with E-state index in [0.29, 0.717) is 18.8 Å². The maximum atomic E-state index is 11.6. The zero-order valence-corrected chi connectivity index (χ0v) is 10.6. The number of nitrogens with zero attached hydrogens (tertiary/aromatic N) is 1. The van der Waals surface area contributed by atoms with Crippen LogP contribution in [0.15, 0.2) is 10.6 Å². The molecule has 0 atom stereocenters. The highest BCUT2D eigenvalue weighted by Gasteiger charge is 2.25. The average molecular weight is 248 g/mol. The van der Waals surface area contributed by atoms with Gasteiger partial charge in [0.05, 0.1) is 17.7 Å². The summed E-state index contributed by atoms with van der Waals surface area (Å²) in [6, 6.07) is 1.79. The number of carbonyl (C=O) groups is 1. The number of nitrogens with one attached hydrogen (secondary N) is 1. The van der Waals surface area contributed by atoms with Crippen molar-refractivity contribution in [3.63, 3.8) is 0 Å². The summed E-state index contributed by atoms with van der Waals surface area (Å²) in [6.45, 7) is 6.10. The van der Waals surface area contributed by atoms with E-state index in [2.05, 4.69) is 10.5 Å². The van der Waals surface area contributed by atoms with Crippen LogP contribution in [0.5, 0.6) is 0 Å². The van der Waals surface area contributed by atoms with Crippen LogP contribution in [0, 0.1) is 12.3 Å². The highest BCUT2D eigenvalue weighted by Crippen LogP contribution is 2.12. The topological polar surface area (TPSA) is 81.2 Å². The van der Waals surface area contributed by atoms with Gasteiger partial charge in [0, 0.05) is 12.6 Å². The van der Waals surface area contributed by atoms with Gasteiger partial charge in [-0.3, -0.25) is 4.79 Å². The molecule has 1 heterocycles. The molecule has 1 amide bonds. The molecule has 0 radical (unpaired) electrons. The summed E-state index contributed by atoms with van der Waals surface area (Å²) in [4.78, 5) is 11.6. The van der Waals surface area contributed by atoms with E-state index in [1.54, 1.807) is 19.9 Å². The lowest BCUT2D eigenvalue weighted by Crippen LogP contribution is -2.41. The number of rotatable bonds is 4. The summed E-state index contributed by atoms with van der Waals surface area (Å²) in [5, 5.41) is 6.48. The molecule has 0 aromatic carbocycles. The number of amides is 1. The van der Waals surface area contributed by atoms with E-state index in [1.807, 2.05) is 6.92 Å². The fourth-order valence-electron chi connectivity index (χ4n) is 0.999. The Morgan fingerprint density at radius 3 is 2.69 bits per heavy atom. The van der Waals surface area contributed by atoms with E-state index < -0.39 is 5.41 Å². The van der Waals surface area contributed by atoms with Crippen molar-refractivity contribution in [2.45, 2.75) is 27.3 Å². The molecule has 0 aliphatic carbocycles. The van der Waals surface area contributed by atoms with Crippen LogP contribution in [0.25, 0.3) is 0 Å². The van der Waals surface area contributed by atoms with E-state index in [4.69, 9.17) is 10.3 Å². The first-order valence-corrected chi connectivity index (χ1v) is 4.86. The Hall–Kier alpha value is -1.07. The lowest BCUT2D eigenvalue weighted by atomic mass is 9.93. The third-order valence-electron chi connectivity index (χ3n) is 2.22. The van der Waals surface area contributed by atoms with Crippen LogP contribution >= 0.6 is 12.4 Å². The van der Waals surface area contributed by atoms with Crippen LogP contribution in [0.1, 0.15) is 25.3 Å². The molecule has 16 heavy (non-hydrogen) atoms. The zero-order valence-electron chi connectivity index (χ0n) is 9.74. The Kier molecular flexibility index (Phi) is 5.47. The van der Waals surface area contributed by atoms with Crippen molar-refractivity contribution >= 4 is 18.3 Å². The Morgan fingerprint density at radius 1 is 1.62 bits per heavy atom. The van der Waals surface area contributed by atoms with Crippen LogP contribution in [0.4, 0.5) is 0 Å². The molecule has 92 valence electrons. The molecular formula is C10H18ClN3O2. The summed E-state index contributed by atoms with van der Waals surface area (Å²) in [5.74, 6) is 0.563. The van der Waals surface area contributed by atoms with Crippen molar-refractivity contribution in [3.8, 4) is 0 Å². The molecule has 0 spiro atoms. The third-order valence-corrected chi connectivity index (χ3v) is 2.22. The Morgan fingerprint density at radius 2 is 2.25 bits per heavy atom. The number of halogens is 1. The van der Waals surface area contributed by atoms with Gasteiger partial charge in [0.1, 0.15) is 0 Å². The van der Waals surface area contributed by atoms with Crippen LogP contribution in [-0.2, 0) is 11.3 Å². The highest BCUT2D eigenvalue weighted by molar-refractivity contribution is 5.85. The van der Waals surface area contributed by atoms with Gasteiger partial charge in [-0.2, -0.15) is 0 Å². The van der Waals surface area contributed by atoms with Gasteiger partial charge in [-0.05, 0) is 20.8 Å². The van der Waals surface area contributed by atoms with Crippen LogP contribution in [0.2, 0.25) is 0 Å². The molecule has 0 saturated carbocycles. The van der Waals surface area contributed by atoms with Gasteiger partial charge in [-0.1, -0.05) is 5.16 Å². The van der Waals surface area contributed by atoms with Gasteiger partial charge in [0.25, 0.3) is 0 Å². The van der Waals surface area contributed by atoms with Crippen molar-refractivity contribution in [2.75, 3.05) is 6.54 Å². The van der Waals surface area contributed by atoms with E-state index in [-0.39, 0.29) is 18.3 Å². The smallest absolute Gasteiger partial charge is 0.227 e. The largest absolute Gasteiger partial charge is 0.359 e. The summed E-state index contributed by atoms with van der Waals surface area (Å²) in [7, 11) is 0. The first kappa shape index (κ1) is 14.9. The second kappa shape index (κ2) is 5.86. The second-order valence-corrected chi connectivity index (χ2v) is 4.21. The maximum absolute atomic E-state index is 11.6. The van der Waals surface area contributed by atoms with E-state index in [9.17, 15) is 4.79 Å². The molecule has 6 heteroatoms. The Balaban J connectivity index is 0.00000225. The summed E-state index contributed by atoms with van der Waals surface area (Å²) < 4.78 is 4.97. The average Bonchev–Trinajstić information content (AvgIpc) is 2.60. The first-order chi connectivity index (χ1) is 6.95. The summed E-state index contributed by atoms with van der Waals surface area (Å²) >= 11 is 0. The van der Waals surface area contributed by atoms with Gasteiger partial charge < -0.3 is 15.6 Å². The minimum Gasteiger partial charge on any atom is -0.359 e. The molecule has 0 unspecified atom stereocenters. The number of hydrogen-bond acceptors (Lipinski definition) is 4. The van der Waals surface area contributed by atoms with Gasteiger partial charge in [0.15, 0.2) is 5.76 Å². The van der Waals surface area contributed by atoms with Crippen molar-refractivity contribution in [1.29, 1.82) is 0 Å². The monoisotopic (exact) mass is 247 g/mol. The number of carbonyl (C=O) groups excluding carboxylic acids is 1. The first-order valence-electron chi connectivity index (χ1n) is 4.86. The number of aryl methyl sites for hydroxylation is 1. The molecule has 0 aliphatic rings. The van der Waals surface area contributed by atoms with Crippen LogP contribution in [-0.4, -0.2) is 17.6 Å². The van der Waals surface area contributed by atoms with Gasteiger partial charge in [-0.15, -0.1) is 12.4 Å². The minimum atomic E-state index is -0.547. The number of aromatic nitrogens is 1. The normalized spacial score (nSPS) is 10.8. The predicted molar refractivity (Wildman–Crippen MR) is 63.2 cm³/mol. The lowest BCUT2D eigenvalue weighted by Gasteiger charge is -2.20. The molecule has 1 aromatic heterocycles. The van der Waals surface area contributed by atoms with Gasteiger partial charge in [-0.25, -0.2) is 0 Å². The number of nitrogens with two attached hydrogens (primary N) is 1. The fourth-order valence-corrected chi connectivity index (χ4v) is 0.999. The Bertz CT molecular complexity index is 350. The zero-order chi connectivity index (χ0) is 11.5. The van der Waals surface area contributed by atoms with Crippen molar-refractivity contribution in [2.24, 2.45) is 11.1 Å². The van der Waals surface area contributed by atoms with E-state index in [0.717, 1.165) is 5.69 Å². The fraction of sp³-hybridized carbons (Fsp3) is 0.600. The SMILES string of the molecule is Cc1cc(CNC(=O)C(C)(C)CN)on1.Cl. The van der Waals surface area contributed by atoms with Crippen molar-refractivity contribution < 1.29 is 9.32 Å². The van der Waals surface area contributed by atoms with Crippen molar-refractivity contribution in [1.82, 2.24) is 10.5 Å². The molecule has 1 aromatic rings. The number of hydrogen-bond donors (Lipinski definition) is 2. The molecule has 0 aliphatic heterocycles. The van der Waals surface area contributed by atoms with Crippen molar-refractivity contribution in [3.05, 3.63) is 17.5 Å². The standard InChI is InChI=1S/C10H17N3O2.ClH/c1-7-4-8(15-13-7)5-12-9(14)10(2,3)6-11;/h4H,5-6,11H2,1-3H3,(H,12,14);1H. The lowest BCUT2D eigenvalue weighted by molar-refractivity contribution is -0.129. The molecular weight excluding hydrogens is 230 g/mol. The van der Waals surface area contributed by atoms with Crippen LogP contribution < -0.4 is 11.1 Å². The molecule has 0 saturated heterocycles. The van der Waals surface area contributed by atoms with Gasteiger partial charge >= 0.3 is 0 Å². The molecule has 0 bridgehead atoms. The quantitative estimate of drug-likeness (QED) is 0.832. The predicted octanol–water partition coefficient (Wildman–Crippen LogP) is 1.01. The summed E-state index contributed by atoms with van der Waals surface area (Å²) in [6.07, 6.45) is 0. The van der Waals surface area contributed by atoms with Crippen LogP contribution in [0.3, 0.4) is 0 Å². The minimum absolute atomic E-state index is 0. The third kappa shape index (κ3) is 3.83. The summed E-state index contributed by atoms with van der Waals surface area (Å²) in [5.41, 5.74) is 5.74. The molecule has 3 N–H and O–H groups in total. The second-order valence-electron chi connectivity index (χ2n) is 4.21. The van der Waals surface area contributed by atoms with E-state index in [1.165, 1.54) is 0 Å². The highest BCUT2D eigenvalue weighted by atomic mass is 35.5. The molecule has 1 rings (SSSR count). The van der Waals surface area contributed by atoms with E-state index >= 15 is 0 Å². The Labute approximate surface area is 101 Å². The molecule has 5 nitrogen and oxygen atoms in total.